The largest absolute Gasteiger partial charge is 0.491 e. The third-order valence-corrected chi connectivity index (χ3v) is 3.75. The molecule has 6 nitrogen and oxygen atoms in total. The third kappa shape index (κ3) is 3.75. The van der Waals surface area contributed by atoms with E-state index in [1.165, 1.54) is 0 Å². The Labute approximate surface area is 151 Å². The summed E-state index contributed by atoms with van der Waals surface area (Å²) in [6.45, 7) is 2.39. The van der Waals surface area contributed by atoms with Crippen LogP contribution >= 0.6 is 0 Å². The van der Waals surface area contributed by atoms with Crippen LogP contribution in [0.15, 0.2) is 54.7 Å². The minimum Gasteiger partial charge on any atom is -0.491 e. The number of benzene rings is 2. The molecule has 3 aromatic rings. The van der Waals surface area contributed by atoms with Crippen molar-refractivity contribution in [2.75, 3.05) is 25.1 Å². The maximum Gasteiger partial charge on any atom is 0.278 e. The van der Waals surface area contributed by atoms with Gasteiger partial charge in [0.1, 0.15) is 12.4 Å². The van der Waals surface area contributed by atoms with Crippen LogP contribution < -0.4 is 14.8 Å². The maximum absolute atomic E-state index is 12.7. The van der Waals surface area contributed by atoms with E-state index >= 15 is 0 Å². The SMILES string of the molecule is CCOc1cccnc1C(=O)Nc1cccc2cccc(OCCO)c12. The number of aliphatic hydroxyl groups is 1. The number of carbonyl (C=O) groups excluding carboxylic acids is 1. The summed E-state index contributed by atoms with van der Waals surface area (Å²) in [5.41, 5.74) is 0.828. The molecule has 0 spiro atoms. The monoisotopic (exact) mass is 352 g/mol. The van der Waals surface area contributed by atoms with Crippen molar-refractivity contribution >= 4 is 22.4 Å². The van der Waals surface area contributed by atoms with Gasteiger partial charge in [-0.1, -0.05) is 24.3 Å². The standard InChI is InChI=1S/C20H20N2O4/c1-2-25-17-10-5-11-21-19(17)20(24)22-15-8-3-6-14-7-4-9-16(18(14)15)26-13-12-23/h3-11,23H,2,12-13H2,1H3,(H,22,24). The lowest BCUT2D eigenvalue weighted by molar-refractivity contribution is 0.101. The van der Waals surface area contributed by atoms with Crippen molar-refractivity contribution in [1.29, 1.82) is 0 Å². The Morgan fingerprint density at radius 3 is 2.62 bits per heavy atom. The second kappa shape index (κ2) is 8.31. The molecule has 0 radical (unpaired) electrons. The van der Waals surface area contributed by atoms with Crippen LogP contribution in [-0.2, 0) is 0 Å². The molecule has 0 atom stereocenters. The van der Waals surface area contributed by atoms with Crippen LogP contribution in [0.4, 0.5) is 5.69 Å². The van der Waals surface area contributed by atoms with Gasteiger partial charge in [-0.2, -0.15) is 0 Å². The molecule has 0 fully saturated rings. The van der Waals surface area contributed by atoms with Crippen molar-refractivity contribution in [3.63, 3.8) is 0 Å². The van der Waals surface area contributed by atoms with Gasteiger partial charge in [-0.3, -0.25) is 4.79 Å². The molecule has 26 heavy (non-hydrogen) atoms. The van der Waals surface area contributed by atoms with E-state index in [1.807, 2.05) is 31.2 Å². The van der Waals surface area contributed by atoms with Crippen LogP contribution in [0.1, 0.15) is 17.4 Å². The quantitative estimate of drug-likeness (QED) is 0.682. The number of carbonyl (C=O) groups is 1. The first-order valence-electron chi connectivity index (χ1n) is 8.39. The van der Waals surface area contributed by atoms with E-state index in [-0.39, 0.29) is 24.8 Å². The number of rotatable bonds is 7. The molecule has 3 rings (SSSR count). The second-order valence-corrected chi connectivity index (χ2v) is 5.47. The van der Waals surface area contributed by atoms with Gasteiger partial charge in [0.05, 0.1) is 18.9 Å². The van der Waals surface area contributed by atoms with Gasteiger partial charge >= 0.3 is 0 Å². The number of amides is 1. The Bertz CT molecular complexity index is 906. The summed E-state index contributed by atoms with van der Waals surface area (Å²) in [7, 11) is 0. The van der Waals surface area contributed by atoms with E-state index in [2.05, 4.69) is 10.3 Å². The van der Waals surface area contributed by atoms with Crippen LogP contribution in [0.25, 0.3) is 10.8 Å². The number of hydrogen-bond acceptors (Lipinski definition) is 5. The number of anilines is 1. The Morgan fingerprint density at radius 1 is 1.08 bits per heavy atom. The number of aromatic nitrogens is 1. The van der Waals surface area contributed by atoms with E-state index in [1.54, 1.807) is 30.5 Å². The highest BCUT2D eigenvalue weighted by Gasteiger charge is 2.16. The molecule has 0 bridgehead atoms. The molecule has 2 N–H and O–H groups in total. The highest BCUT2D eigenvalue weighted by Crippen LogP contribution is 2.33. The van der Waals surface area contributed by atoms with Crippen molar-refractivity contribution in [2.24, 2.45) is 0 Å². The van der Waals surface area contributed by atoms with Crippen LogP contribution in [-0.4, -0.2) is 35.8 Å². The number of aliphatic hydroxyl groups excluding tert-OH is 1. The molecule has 1 heterocycles. The van der Waals surface area contributed by atoms with Crippen molar-refractivity contribution in [1.82, 2.24) is 4.98 Å². The molecule has 2 aromatic carbocycles. The van der Waals surface area contributed by atoms with Crippen LogP contribution in [0.2, 0.25) is 0 Å². The fraction of sp³-hybridized carbons (Fsp3) is 0.200. The molecule has 0 aliphatic carbocycles. The zero-order valence-corrected chi connectivity index (χ0v) is 14.4. The lowest BCUT2D eigenvalue weighted by Crippen LogP contribution is -2.16. The van der Waals surface area contributed by atoms with E-state index in [0.29, 0.717) is 23.8 Å². The molecule has 134 valence electrons. The van der Waals surface area contributed by atoms with E-state index in [4.69, 9.17) is 14.6 Å². The van der Waals surface area contributed by atoms with Gasteiger partial charge in [-0.05, 0) is 36.6 Å². The predicted octanol–water partition coefficient (Wildman–Crippen LogP) is 3.26. The average Bonchev–Trinajstić information content (AvgIpc) is 2.67. The zero-order valence-electron chi connectivity index (χ0n) is 14.4. The molecule has 1 aromatic heterocycles. The highest BCUT2D eigenvalue weighted by molar-refractivity contribution is 6.10. The lowest BCUT2D eigenvalue weighted by Gasteiger charge is -2.14. The van der Waals surface area contributed by atoms with Gasteiger partial charge in [0.2, 0.25) is 0 Å². The number of ether oxygens (including phenoxy) is 2. The maximum atomic E-state index is 12.7. The van der Waals surface area contributed by atoms with Crippen molar-refractivity contribution in [3.05, 3.63) is 60.4 Å². The Kier molecular flexibility index (Phi) is 5.66. The molecular weight excluding hydrogens is 332 g/mol. The minimum atomic E-state index is -0.362. The molecule has 0 saturated carbocycles. The number of pyridine rings is 1. The van der Waals surface area contributed by atoms with Gasteiger partial charge in [-0.25, -0.2) is 4.98 Å². The topological polar surface area (TPSA) is 80.7 Å². The fourth-order valence-corrected chi connectivity index (χ4v) is 2.70. The van der Waals surface area contributed by atoms with Crippen molar-refractivity contribution in [2.45, 2.75) is 6.92 Å². The summed E-state index contributed by atoms with van der Waals surface area (Å²) in [4.78, 5) is 16.9. The molecular formula is C20H20N2O4. The van der Waals surface area contributed by atoms with Gasteiger partial charge < -0.3 is 19.9 Å². The summed E-state index contributed by atoms with van der Waals surface area (Å²) >= 11 is 0. The first kappa shape index (κ1) is 17.7. The lowest BCUT2D eigenvalue weighted by atomic mass is 10.1. The van der Waals surface area contributed by atoms with E-state index in [0.717, 1.165) is 10.8 Å². The Hall–Kier alpha value is -3.12. The van der Waals surface area contributed by atoms with Crippen molar-refractivity contribution in [3.8, 4) is 11.5 Å². The first-order chi connectivity index (χ1) is 12.7. The molecule has 0 aliphatic heterocycles. The molecule has 0 unspecified atom stereocenters. The van der Waals surface area contributed by atoms with Crippen molar-refractivity contribution < 1.29 is 19.4 Å². The minimum absolute atomic E-state index is 0.0867. The van der Waals surface area contributed by atoms with Crippen LogP contribution in [0.5, 0.6) is 11.5 Å². The zero-order chi connectivity index (χ0) is 18.4. The van der Waals surface area contributed by atoms with Gasteiger partial charge in [0.25, 0.3) is 5.91 Å². The second-order valence-electron chi connectivity index (χ2n) is 5.47. The average molecular weight is 352 g/mol. The summed E-state index contributed by atoms with van der Waals surface area (Å²) in [5.74, 6) is 0.668. The van der Waals surface area contributed by atoms with Crippen LogP contribution in [0, 0.1) is 0 Å². The highest BCUT2D eigenvalue weighted by atomic mass is 16.5. The predicted molar refractivity (Wildman–Crippen MR) is 99.9 cm³/mol. The number of nitrogens with one attached hydrogen (secondary N) is 1. The Morgan fingerprint density at radius 2 is 1.85 bits per heavy atom. The number of nitrogens with zero attached hydrogens (tertiary/aromatic N) is 1. The summed E-state index contributed by atoms with van der Waals surface area (Å²) in [5, 5.41) is 13.6. The molecule has 0 saturated heterocycles. The molecule has 6 heteroatoms. The van der Waals surface area contributed by atoms with Crippen LogP contribution in [0.3, 0.4) is 0 Å². The first-order valence-corrected chi connectivity index (χ1v) is 8.39. The van der Waals surface area contributed by atoms with E-state index in [9.17, 15) is 4.79 Å². The molecule has 0 aliphatic rings. The van der Waals surface area contributed by atoms with Gasteiger partial charge in [-0.15, -0.1) is 0 Å². The van der Waals surface area contributed by atoms with E-state index < -0.39 is 0 Å². The van der Waals surface area contributed by atoms with Gasteiger partial charge in [0, 0.05) is 11.6 Å². The van der Waals surface area contributed by atoms with Gasteiger partial charge in [0.15, 0.2) is 11.4 Å². The number of fused-ring (bicyclic) bond motifs is 1. The summed E-state index contributed by atoms with van der Waals surface area (Å²) in [6.07, 6.45) is 1.55. The molecule has 1 amide bonds. The fourth-order valence-electron chi connectivity index (χ4n) is 2.70. The smallest absolute Gasteiger partial charge is 0.278 e. The normalized spacial score (nSPS) is 10.5. The Balaban J connectivity index is 1.97. The summed E-state index contributed by atoms with van der Waals surface area (Å²) in [6, 6.07) is 14.6. The summed E-state index contributed by atoms with van der Waals surface area (Å²) < 4.78 is 11.1. The third-order valence-electron chi connectivity index (χ3n) is 3.75. The number of hydrogen-bond donors (Lipinski definition) is 2.